The van der Waals surface area contributed by atoms with Crippen LogP contribution in [0.3, 0.4) is 0 Å². The number of aliphatic hydroxyl groups is 1. The lowest BCUT2D eigenvalue weighted by molar-refractivity contribution is 0.245. The predicted molar refractivity (Wildman–Crippen MR) is 110 cm³/mol. The quantitative estimate of drug-likeness (QED) is 0.311. The largest absolute Gasteiger partial charge is 0.395 e. The maximum Gasteiger partial charge on any atom is 0.266 e. The fraction of sp³-hybridized carbons (Fsp3) is 0.438. The van der Waals surface area contributed by atoms with Crippen molar-refractivity contribution in [2.45, 2.75) is 23.8 Å². The molecule has 2 aromatic rings. The van der Waals surface area contributed by atoms with Crippen molar-refractivity contribution in [3.8, 4) is 0 Å². The van der Waals surface area contributed by atoms with Gasteiger partial charge in [0, 0.05) is 30.7 Å². The van der Waals surface area contributed by atoms with E-state index in [-0.39, 0.29) is 22.8 Å². The van der Waals surface area contributed by atoms with Crippen molar-refractivity contribution in [1.82, 2.24) is 10.3 Å². The van der Waals surface area contributed by atoms with Crippen molar-refractivity contribution < 1.29 is 17.9 Å². The molecule has 156 valence electrons. The number of halogens is 2. The average molecular weight is 452 g/mol. The third-order valence-corrected chi connectivity index (χ3v) is 6.31. The number of thiazole rings is 1. The fourth-order valence-electron chi connectivity index (χ4n) is 2.32. The second-order valence-electron chi connectivity index (χ2n) is 5.91. The topological polar surface area (TPSA) is 129 Å². The van der Waals surface area contributed by atoms with Gasteiger partial charge < -0.3 is 21.5 Å². The number of aliphatic hydroxyl groups excluding tert-OH is 1. The Morgan fingerprint density at radius 3 is 2.71 bits per heavy atom. The molecule has 0 aliphatic heterocycles. The molecular formula is C16H23ClFN5O3S2. The standard InChI is InChI=1S/C16H23ClFN5O3S2/c17-12-7-15(28(25,26)23-16-22-5-6-27-16)13(18)8-14(12)21-4-2-1-3-20-11(9-19)10-24/h5-8,11,20-21,24H,1-4,9-10,19H2,(H,22,23)/t11-/m1/s1. The minimum absolute atomic E-state index is 0.0176. The summed E-state index contributed by atoms with van der Waals surface area (Å²) in [4.78, 5) is 3.28. The second kappa shape index (κ2) is 10.9. The molecule has 0 radical (unpaired) electrons. The Morgan fingerprint density at radius 2 is 2.07 bits per heavy atom. The number of unbranched alkanes of at least 4 members (excludes halogenated alkanes) is 1. The van der Waals surface area contributed by atoms with Gasteiger partial charge in [0.25, 0.3) is 10.0 Å². The summed E-state index contributed by atoms with van der Waals surface area (Å²) >= 11 is 7.20. The Hall–Kier alpha value is -1.50. The Kier molecular flexibility index (Phi) is 8.86. The van der Waals surface area contributed by atoms with Crippen LogP contribution in [0.25, 0.3) is 0 Å². The van der Waals surface area contributed by atoms with Gasteiger partial charge in [0.05, 0.1) is 17.3 Å². The van der Waals surface area contributed by atoms with Gasteiger partial charge in [-0.05, 0) is 31.5 Å². The van der Waals surface area contributed by atoms with Gasteiger partial charge in [0.15, 0.2) is 5.13 Å². The Morgan fingerprint density at radius 1 is 1.32 bits per heavy atom. The number of sulfonamides is 1. The van der Waals surface area contributed by atoms with Gasteiger partial charge in [-0.1, -0.05) is 11.6 Å². The predicted octanol–water partition coefficient (Wildman–Crippen LogP) is 1.84. The summed E-state index contributed by atoms with van der Waals surface area (Å²) in [5.41, 5.74) is 5.79. The summed E-state index contributed by atoms with van der Waals surface area (Å²) in [6.45, 7) is 1.55. The van der Waals surface area contributed by atoms with Crippen molar-refractivity contribution >= 4 is 43.8 Å². The summed E-state index contributed by atoms with van der Waals surface area (Å²) in [5.74, 6) is -0.911. The fourth-order valence-corrected chi connectivity index (χ4v) is 4.49. The van der Waals surface area contributed by atoms with Gasteiger partial charge in [0.2, 0.25) is 0 Å². The van der Waals surface area contributed by atoms with Crippen molar-refractivity contribution in [3.63, 3.8) is 0 Å². The summed E-state index contributed by atoms with van der Waals surface area (Å²) < 4.78 is 41.2. The monoisotopic (exact) mass is 451 g/mol. The van der Waals surface area contributed by atoms with Crippen LogP contribution in [0, 0.1) is 5.82 Å². The number of rotatable bonds is 12. The molecule has 0 saturated heterocycles. The van der Waals surface area contributed by atoms with E-state index in [0.717, 1.165) is 36.3 Å². The van der Waals surface area contributed by atoms with E-state index in [9.17, 15) is 12.8 Å². The molecule has 0 bridgehead atoms. The molecule has 2 rings (SSSR count). The van der Waals surface area contributed by atoms with Gasteiger partial charge in [0.1, 0.15) is 10.7 Å². The summed E-state index contributed by atoms with van der Waals surface area (Å²) in [7, 11) is -4.13. The lowest BCUT2D eigenvalue weighted by Gasteiger charge is -2.14. The highest BCUT2D eigenvalue weighted by molar-refractivity contribution is 7.93. The van der Waals surface area contributed by atoms with Gasteiger partial charge in [-0.3, -0.25) is 4.72 Å². The highest BCUT2D eigenvalue weighted by Gasteiger charge is 2.22. The minimum atomic E-state index is -4.13. The van der Waals surface area contributed by atoms with E-state index in [4.69, 9.17) is 22.4 Å². The van der Waals surface area contributed by atoms with E-state index in [1.807, 2.05) is 0 Å². The Labute approximate surface area is 172 Å². The van der Waals surface area contributed by atoms with Gasteiger partial charge in [-0.2, -0.15) is 0 Å². The summed E-state index contributed by atoms with van der Waals surface area (Å²) in [6.07, 6.45) is 3.02. The van der Waals surface area contributed by atoms with Gasteiger partial charge in [-0.25, -0.2) is 17.8 Å². The number of hydrogen-bond acceptors (Lipinski definition) is 8. The molecule has 0 spiro atoms. The molecule has 0 aliphatic rings. The van der Waals surface area contributed by atoms with Crippen molar-refractivity contribution in [2.24, 2.45) is 5.73 Å². The number of hydrogen-bond donors (Lipinski definition) is 5. The van der Waals surface area contributed by atoms with E-state index in [1.165, 1.54) is 6.20 Å². The highest BCUT2D eigenvalue weighted by atomic mass is 35.5. The van der Waals surface area contributed by atoms with E-state index in [0.29, 0.717) is 25.3 Å². The maximum atomic E-state index is 14.4. The molecular weight excluding hydrogens is 429 g/mol. The first-order chi connectivity index (χ1) is 13.4. The third kappa shape index (κ3) is 6.54. The molecule has 0 unspecified atom stereocenters. The Bertz CT molecular complexity index is 848. The summed E-state index contributed by atoms with van der Waals surface area (Å²) in [5, 5.41) is 17.0. The lowest BCUT2D eigenvalue weighted by Crippen LogP contribution is -2.39. The van der Waals surface area contributed by atoms with Crippen LogP contribution in [0.4, 0.5) is 15.2 Å². The first-order valence-corrected chi connectivity index (χ1v) is 11.3. The molecule has 1 aromatic carbocycles. The summed E-state index contributed by atoms with van der Waals surface area (Å²) in [6, 6.07) is 2.01. The zero-order valence-corrected chi connectivity index (χ0v) is 17.4. The van der Waals surface area contributed by atoms with E-state index >= 15 is 0 Å². The minimum Gasteiger partial charge on any atom is -0.395 e. The van der Waals surface area contributed by atoms with E-state index in [2.05, 4.69) is 20.3 Å². The van der Waals surface area contributed by atoms with Crippen LogP contribution in [0.2, 0.25) is 5.02 Å². The molecule has 12 heteroatoms. The van der Waals surface area contributed by atoms with Gasteiger partial charge >= 0.3 is 0 Å². The first-order valence-electron chi connectivity index (χ1n) is 8.57. The van der Waals surface area contributed by atoms with Crippen molar-refractivity contribution in [3.05, 3.63) is 34.5 Å². The number of nitrogens with two attached hydrogens (primary N) is 1. The van der Waals surface area contributed by atoms with Crippen LogP contribution in [0.1, 0.15) is 12.8 Å². The van der Waals surface area contributed by atoms with Crippen LogP contribution in [0.5, 0.6) is 0 Å². The molecule has 1 heterocycles. The molecule has 6 N–H and O–H groups in total. The second-order valence-corrected chi connectivity index (χ2v) is 8.86. The number of nitrogens with zero attached hydrogens (tertiary/aromatic N) is 1. The number of benzene rings is 1. The SMILES string of the molecule is NC[C@H](CO)NCCCCNc1cc(F)c(S(=O)(=O)Nc2nccs2)cc1Cl. The highest BCUT2D eigenvalue weighted by Crippen LogP contribution is 2.29. The maximum absolute atomic E-state index is 14.4. The molecule has 1 atom stereocenters. The zero-order valence-electron chi connectivity index (χ0n) is 15.0. The lowest BCUT2D eigenvalue weighted by atomic mass is 10.2. The number of nitrogens with one attached hydrogen (secondary N) is 3. The smallest absolute Gasteiger partial charge is 0.266 e. The molecule has 0 saturated carbocycles. The molecule has 0 amide bonds. The third-order valence-electron chi connectivity index (χ3n) is 3.82. The first kappa shape index (κ1) is 22.8. The number of anilines is 2. The van der Waals surface area contributed by atoms with E-state index in [1.54, 1.807) is 5.38 Å². The van der Waals surface area contributed by atoms with Crippen LogP contribution < -0.4 is 21.1 Å². The molecule has 8 nitrogen and oxygen atoms in total. The molecule has 0 fully saturated rings. The average Bonchev–Trinajstić information content (AvgIpc) is 3.15. The van der Waals surface area contributed by atoms with Crippen LogP contribution in [0.15, 0.2) is 28.6 Å². The molecule has 28 heavy (non-hydrogen) atoms. The van der Waals surface area contributed by atoms with Crippen LogP contribution in [-0.2, 0) is 10.0 Å². The van der Waals surface area contributed by atoms with Gasteiger partial charge in [-0.15, -0.1) is 11.3 Å². The Balaban J connectivity index is 1.91. The van der Waals surface area contributed by atoms with Crippen molar-refractivity contribution in [2.75, 3.05) is 36.3 Å². The molecule has 1 aromatic heterocycles. The normalized spacial score (nSPS) is 12.7. The molecule has 0 aliphatic carbocycles. The zero-order chi connectivity index (χ0) is 20.6. The number of aromatic nitrogens is 1. The van der Waals surface area contributed by atoms with Crippen LogP contribution in [-0.4, -0.2) is 50.8 Å². The van der Waals surface area contributed by atoms with E-state index < -0.39 is 20.7 Å². The van der Waals surface area contributed by atoms with Crippen LogP contribution >= 0.6 is 22.9 Å². The van der Waals surface area contributed by atoms with Crippen molar-refractivity contribution in [1.29, 1.82) is 0 Å².